The Hall–Kier alpha value is -3.49. The van der Waals surface area contributed by atoms with Crippen molar-refractivity contribution in [1.29, 1.82) is 0 Å². The molecule has 3 aliphatic carbocycles. The molecule has 35 heavy (non-hydrogen) atoms. The van der Waals surface area contributed by atoms with E-state index in [-0.39, 0.29) is 18.4 Å². The van der Waals surface area contributed by atoms with Crippen LogP contribution in [0.1, 0.15) is 36.3 Å². The fraction of sp³-hybridized carbons (Fsp3) is 0.423. The fourth-order valence-corrected chi connectivity index (χ4v) is 5.24. The van der Waals surface area contributed by atoms with Crippen LogP contribution >= 0.6 is 0 Å². The van der Waals surface area contributed by atoms with Crippen molar-refractivity contribution in [2.24, 2.45) is 17.8 Å². The smallest absolute Gasteiger partial charge is 0.407 e. The van der Waals surface area contributed by atoms with E-state index >= 15 is 0 Å². The minimum atomic E-state index is -3.34. The molecule has 3 N–H and O–H groups in total. The second-order valence-electron chi connectivity index (χ2n) is 9.48. The number of hydrogen-bond acceptors (Lipinski definition) is 4. The van der Waals surface area contributed by atoms with Gasteiger partial charge in [-0.25, -0.2) is 13.6 Å². The molecule has 2 amide bonds. The number of nitrogens with one attached hydrogen (secondary N) is 2. The van der Waals surface area contributed by atoms with Crippen LogP contribution in [0.2, 0.25) is 0 Å². The number of benzene rings is 2. The number of halogens is 2. The van der Waals surface area contributed by atoms with Gasteiger partial charge in [0.15, 0.2) is 0 Å². The summed E-state index contributed by atoms with van der Waals surface area (Å²) in [7, 11) is 0. The van der Waals surface area contributed by atoms with Crippen molar-refractivity contribution in [1.82, 2.24) is 10.6 Å². The first-order valence-corrected chi connectivity index (χ1v) is 11.8. The molecule has 2 fully saturated rings. The molecule has 0 radical (unpaired) electrons. The van der Waals surface area contributed by atoms with Crippen LogP contribution in [0.3, 0.4) is 0 Å². The van der Waals surface area contributed by atoms with Gasteiger partial charge in [-0.15, -0.1) is 0 Å². The topological polar surface area (TPSA) is 105 Å². The van der Waals surface area contributed by atoms with Gasteiger partial charge in [0, 0.05) is 12.5 Å². The number of carboxylic acid groups (broad SMARTS) is 1. The lowest BCUT2D eigenvalue weighted by atomic mass is 9.79. The highest BCUT2D eigenvalue weighted by atomic mass is 19.3. The molecule has 0 spiro atoms. The quantitative estimate of drug-likeness (QED) is 0.529. The molecule has 3 aliphatic rings. The zero-order valence-electron chi connectivity index (χ0n) is 18.9. The predicted octanol–water partition coefficient (Wildman–Crippen LogP) is 3.78. The van der Waals surface area contributed by atoms with E-state index in [1.54, 1.807) is 0 Å². The molecule has 3 unspecified atom stereocenters. The van der Waals surface area contributed by atoms with E-state index in [1.165, 1.54) is 0 Å². The molecule has 9 heteroatoms. The summed E-state index contributed by atoms with van der Waals surface area (Å²) in [4.78, 5) is 36.4. The molecule has 2 saturated carbocycles. The lowest BCUT2D eigenvalue weighted by Gasteiger charge is -2.33. The van der Waals surface area contributed by atoms with Crippen molar-refractivity contribution in [2.75, 3.05) is 13.2 Å². The van der Waals surface area contributed by atoms with Gasteiger partial charge in [0.1, 0.15) is 18.6 Å². The normalized spacial score (nSPS) is 22.8. The molecular weight excluding hydrogens is 458 g/mol. The Kier molecular flexibility index (Phi) is 5.94. The Morgan fingerprint density at radius 1 is 1.03 bits per heavy atom. The maximum absolute atomic E-state index is 13.6. The maximum Gasteiger partial charge on any atom is 0.407 e. The van der Waals surface area contributed by atoms with Crippen molar-refractivity contribution in [3.63, 3.8) is 0 Å². The van der Waals surface area contributed by atoms with Crippen LogP contribution in [0.5, 0.6) is 0 Å². The van der Waals surface area contributed by atoms with E-state index in [9.17, 15) is 23.2 Å². The Morgan fingerprint density at radius 2 is 1.63 bits per heavy atom. The van der Waals surface area contributed by atoms with Gasteiger partial charge in [-0.1, -0.05) is 55.0 Å². The molecule has 2 aromatic carbocycles. The number of aliphatic carboxylic acids is 1. The molecule has 0 aromatic heterocycles. The number of carbonyl (C=O) groups is 3. The van der Waals surface area contributed by atoms with Crippen LogP contribution in [-0.4, -0.2) is 48.2 Å². The van der Waals surface area contributed by atoms with Crippen molar-refractivity contribution < 1.29 is 33.0 Å². The lowest BCUT2D eigenvalue weighted by Crippen LogP contribution is -2.53. The zero-order chi connectivity index (χ0) is 24.7. The highest BCUT2D eigenvalue weighted by Crippen LogP contribution is 2.55. The van der Waals surface area contributed by atoms with Gasteiger partial charge < -0.3 is 20.5 Å². The number of rotatable bonds is 8. The Morgan fingerprint density at radius 3 is 2.14 bits per heavy atom. The molecule has 0 saturated heterocycles. The van der Waals surface area contributed by atoms with Gasteiger partial charge >= 0.3 is 12.1 Å². The molecule has 7 nitrogen and oxygen atoms in total. The number of fused-ring (bicyclic) bond motifs is 3. The first-order chi connectivity index (χ1) is 16.8. The highest BCUT2D eigenvalue weighted by molar-refractivity contribution is 5.86. The third-order valence-electron chi connectivity index (χ3n) is 7.49. The molecule has 0 aliphatic heterocycles. The Balaban J connectivity index is 1.20. The van der Waals surface area contributed by atoms with Crippen LogP contribution in [0.4, 0.5) is 13.6 Å². The summed E-state index contributed by atoms with van der Waals surface area (Å²) < 4.78 is 32.8. The average Bonchev–Trinajstić information content (AvgIpc) is 3.21. The number of hydrogen-bond donors (Lipinski definition) is 3. The van der Waals surface area contributed by atoms with Gasteiger partial charge in [-0.3, -0.25) is 9.59 Å². The summed E-state index contributed by atoms with van der Waals surface area (Å²) in [6, 6.07) is 14.9. The van der Waals surface area contributed by atoms with Crippen LogP contribution < -0.4 is 10.6 Å². The number of carboxylic acids is 1. The minimum absolute atomic E-state index is 0.0907. The third-order valence-corrected chi connectivity index (χ3v) is 7.49. The second kappa shape index (κ2) is 8.94. The maximum atomic E-state index is 13.6. The van der Waals surface area contributed by atoms with Crippen molar-refractivity contribution in [3.05, 3.63) is 59.7 Å². The predicted molar refractivity (Wildman–Crippen MR) is 122 cm³/mol. The zero-order valence-corrected chi connectivity index (χ0v) is 18.9. The SMILES string of the molecule is O=C(NC(C(=O)NCC1C(C(=O)O)C1(F)F)C1CCC1)OCC1c2ccccc2-c2ccccc21. The number of alkyl halides is 2. The first kappa shape index (κ1) is 23.3. The fourth-order valence-electron chi connectivity index (χ4n) is 5.24. The van der Waals surface area contributed by atoms with Crippen molar-refractivity contribution >= 4 is 18.0 Å². The lowest BCUT2D eigenvalue weighted by molar-refractivity contribution is -0.141. The second-order valence-corrected chi connectivity index (χ2v) is 9.48. The molecule has 2 aromatic rings. The van der Waals surface area contributed by atoms with Crippen LogP contribution in [0, 0.1) is 17.8 Å². The van der Waals surface area contributed by atoms with Gasteiger partial charge in [-0.05, 0) is 41.0 Å². The number of carbonyl (C=O) groups excluding carboxylic acids is 2. The van der Waals surface area contributed by atoms with Crippen LogP contribution in [0.25, 0.3) is 11.1 Å². The summed E-state index contributed by atoms with van der Waals surface area (Å²) in [5.74, 6) is -9.01. The third kappa shape index (κ3) is 4.24. The van der Waals surface area contributed by atoms with E-state index in [4.69, 9.17) is 9.84 Å². The molecule has 3 atom stereocenters. The summed E-state index contributed by atoms with van der Waals surface area (Å²) >= 11 is 0. The Bertz CT molecular complexity index is 1120. The highest BCUT2D eigenvalue weighted by Gasteiger charge is 2.72. The largest absolute Gasteiger partial charge is 0.481 e. The number of ether oxygens (including phenoxy) is 1. The van der Waals surface area contributed by atoms with Gasteiger partial charge in [0.2, 0.25) is 5.91 Å². The van der Waals surface area contributed by atoms with E-state index in [0.717, 1.165) is 41.5 Å². The van der Waals surface area contributed by atoms with Gasteiger partial charge in [0.25, 0.3) is 5.92 Å². The molecule has 5 rings (SSSR count). The summed E-state index contributed by atoms with van der Waals surface area (Å²) in [6.45, 7) is -0.369. The van der Waals surface area contributed by atoms with E-state index < -0.39 is 48.3 Å². The molecule has 184 valence electrons. The average molecular weight is 484 g/mol. The summed E-state index contributed by atoms with van der Waals surface area (Å²) in [5, 5.41) is 13.9. The first-order valence-electron chi connectivity index (χ1n) is 11.8. The van der Waals surface area contributed by atoms with E-state index in [0.29, 0.717) is 0 Å². The number of amides is 2. The monoisotopic (exact) mass is 484 g/mol. The number of alkyl carbamates (subject to hydrolysis) is 1. The van der Waals surface area contributed by atoms with E-state index in [1.807, 2.05) is 48.5 Å². The standard InChI is InChI=1S/C26H26F2N2O5/c27-26(28)20(21(26)24(32)33)12-29-23(31)22(14-6-5-7-14)30-25(34)35-13-19-17-10-3-1-8-15(17)16-9-2-4-11-18(16)19/h1-4,8-11,14,19-22H,5-7,12-13H2,(H,29,31)(H,30,34)(H,32,33). The van der Waals surface area contributed by atoms with Crippen LogP contribution in [0.15, 0.2) is 48.5 Å². The van der Waals surface area contributed by atoms with Crippen LogP contribution in [-0.2, 0) is 14.3 Å². The molecular formula is C26H26F2N2O5. The van der Waals surface area contributed by atoms with Crippen molar-refractivity contribution in [2.45, 2.75) is 37.1 Å². The minimum Gasteiger partial charge on any atom is -0.481 e. The summed E-state index contributed by atoms with van der Waals surface area (Å²) in [6.07, 6.45) is 1.60. The molecule has 0 heterocycles. The molecule has 0 bridgehead atoms. The van der Waals surface area contributed by atoms with E-state index in [2.05, 4.69) is 10.6 Å². The summed E-state index contributed by atoms with van der Waals surface area (Å²) in [5.41, 5.74) is 4.32. The Labute approximate surface area is 200 Å². The van der Waals surface area contributed by atoms with Gasteiger partial charge in [0.05, 0.1) is 5.92 Å². The van der Waals surface area contributed by atoms with Crippen molar-refractivity contribution in [3.8, 4) is 11.1 Å². The van der Waals surface area contributed by atoms with Gasteiger partial charge in [-0.2, -0.15) is 0 Å².